The number of hydrogen-bond acceptors (Lipinski definition) is 7. The van der Waals surface area contributed by atoms with Gasteiger partial charge in [0, 0.05) is 36.7 Å². The Morgan fingerprint density at radius 2 is 1.88 bits per heavy atom. The zero-order valence-corrected chi connectivity index (χ0v) is 19.2. The second kappa shape index (κ2) is 8.80. The average Bonchev–Trinajstić information content (AvgIpc) is 3.36. The summed E-state index contributed by atoms with van der Waals surface area (Å²) in [5.74, 6) is 0.175. The molecule has 9 heteroatoms. The van der Waals surface area contributed by atoms with Crippen LogP contribution in [-0.4, -0.2) is 44.8 Å². The number of amides is 1. The highest BCUT2D eigenvalue weighted by Crippen LogP contribution is 2.48. The third-order valence-corrected chi connectivity index (χ3v) is 6.81. The van der Waals surface area contributed by atoms with Crippen molar-refractivity contribution in [3.05, 3.63) is 45.6 Å². The van der Waals surface area contributed by atoms with Crippen molar-refractivity contribution >= 4 is 57.6 Å². The number of nitrogens with zero attached hydrogens (tertiary/aromatic N) is 1. The lowest BCUT2D eigenvalue weighted by Crippen LogP contribution is -2.29. The summed E-state index contributed by atoms with van der Waals surface area (Å²) in [6.45, 7) is 1.67. The second-order valence-electron chi connectivity index (χ2n) is 7.19. The number of carbonyl (C=O) groups excluding carboxylic acids is 3. The van der Waals surface area contributed by atoms with E-state index in [1.165, 1.54) is 21.1 Å². The summed E-state index contributed by atoms with van der Waals surface area (Å²) in [6.07, 6.45) is 0.634. The predicted molar refractivity (Wildman–Crippen MR) is 123 cm³/mol. The Bertz CT molecular complexity index is 1240. The molecule has 1 aliphatic heterocycles. The minimum absolute atomic E-state index is 0.120. The maximum Gasteiger partial charge on any atom is 0.308 e. The number of esters is 1. The number of aldehydes is 1. The fraction of sp³-hybridized carbons (Fsp3) is 0.261. The van der Waals surface area contributed by atoms with Crippen LogP contribution >= 0.6 is 22.9 Å². The van der Waals surface area contributed by atoms with Crippen LogP contribution in [0, 0.1) is 0 Å². The zero-order chi connectivity index (χ0) is 23.0. The fourth-order valence-electron chi connectivity index (χ4n) is 4.11. The predicted octanol–water partition coefficient (Wildman–Crippen LogP) is 4.64. The van der Waals surface area contributed by atoms with Crippen LogP contribution in [0.1, 0.15) is 37.7 Å². The Labute approximate surface area is 193 Å². The SMILES string of the molecule is COc1c(C=O)sc(C(=O)N2C[C@@H](CCl)c3c2cc(OC(C)=O)c2ccccc32)c1OC. The molecule has 1 aliphatic rings. The summed E-state index contributed by atoms with van der Waals surface area (Å²) in [7, 11) is 2.83. The molecule has 0 unspecified atom stereocenters. The highest BCUT2D eigenvalue weighted by Gasteiger charge is 2.37. The van der Waals surface area contributed by atoms with Gasteiger partial charge in [0.25, 0.3) is 5.91 Å². The van der Waals surface area contributed by atoms with Gasteiger partial charge < -0.3 is 19.1 Å². The van der Waals surface area contributed by atoms with E-state index < -0.39 is 5.97 Å². The number of alkyl halides is 1. The first-order valence-corrected chi connectivity index (χ1v) is 11.1. The lowest BCUT2D eigenvalue weighted by Gasteiger charge is -2.19. The molecule has 0 aliphatic carbocycles. The Morgan fingerprint density at radius 3 is 2.47 bits per heavy atom. The molecular formula is C23H20ClNO6S. The average molecular weight is 474 g/mol. The van der Waals surface area contributed by atoms with Gasteiger partial charge in [-0.05, 0) is 10.9 Å². The number of ether oxygens (including phenoxy) is 3. The van der Waals surface area contributed by atoms with Gasteiger partial charge in [0.2, 0.25) is 0 Å². The molecule has 0 fully saturated rings. The van der Waals surface area contributed by atoms with Crippen molar-refractivity contribution in [3.8, 4) is 17.2 Å². The van der Waals surface area contributed by atoms with Crippen LogP contribution in [0.15, 0.2) is 30.3 Å². The van der Waals surface area contributed by atoms with E-state index >= 15 is 0 Å². The van der Waals surface area contributed by atoms with Crippen molar-refractivity contribution in [1.82, 2.24) is 0 Å². The fourth-order valence-corrected chi connectivity index (χ4v) is 5.36. The number of thiophene rings is 1. The molecule has 1 aromatic heterocycles. The van der Waals surface area contributed by atoms with Crippen LogP contribution in [0.4, 0.5) is 5.69 Å². The van der Waals surface area contributed by atoms with Gasteiger partial charge in [0.15, 0.2) is 17.8 Å². The molecule has 2 aromatic carbocycles. The molecule has 0 radical (unpaired) electrons. The van der Waals surface area contributed by atoms with Gasteiger partial charge in [0.05, 0.1) is 19.9 Å². The van der Waals surface area contributed by atoms with E-state index in [0.29, 0.717) is 30.1 Å². The third kappa shape index (κ3) is 3.49. The topological polar surface area (TPSA) is 82.1 Å². The van der Waals surface area contributed by atoms with E-state index in [9.17, 15) is 14.4 Å². The molecule has 3 aromatic rings. The smallest absolute Gasteiger partial charge is 0.308 e. The molecule has 166 valence electrons. The summed E-state index contributed by atoms with van der Waals surface area (Å²) in [5.41, 5.74) is 1.52. The first kappa shape index (κ1) is 22.1. The van der Waals surface area contributed by atoms with E-state index in [2.05, 4.69) is 0 Å². The molecule has 0 spiro atoms. The Hall–Kier alpha value is -3.10. The number of rotatable bonds is 6. The van der Waals surface area contributed by atoms with E-state index in [4.69, 9.17) is 25.8 Å². The van der Waals surface area contributed by atoms with Crippen LogP contribution in [0.25, 0.3) is 10.8 Å². The standard InChI is InChI=1S/C23H20ClNO6S/c1-12(27)31-17-8-16-19(15-7-5-4-6-14(15)17)13(9-24)10-25(16)23(28)22-21(30-3)20(29-2)18(11-26)32-22/h4-8,11,13H,9-10H2,1-3H3/t13-/m1/s1. The van der Waals surface area contributed by atoms with Crippen molar-refractivity contribution in [2.24, 2.45) is 0 Å². The van der Waals surface area contributed by atoms with Crippen LogP contribution in [0.3, 0.4) is 0 Å². The summed E-state index contributed by atoms with van der Waals surface area (Å²) >= 11 is 7.30. The largest absolute Gasteiger partial charge is 0.491 e. The van der Waals surface area contributed by atoms with Gasteiger partial charge in [-0.25, -0.2) is 0 Å². The zero-order valence-electron chi connectivity index (χ0n) is 17.6. The molecule has 2 heterocycles. The summed E-state index contributed by atoms with van der Waals surface area (Å²) in [6, 6.07) is 9.24. The van der Waals surface area contributed by atoms with Gasteiger partial charge in [0.1, 0.15) is 15.5 Å². The number of hydrogen-bond donors (Lipinski definition) is 0. The van der Waals surface area contributed by atoms with Gasteiger partial charge in [-0.1, -0.05) is 24.3 Å². The molecule has 0 saturated heterocycles. The van der Waals surface area contributed by atoms with Gasteiger partial charge >= 0.3 is 5.97 Å². The monoisotopic (exact) mass is 473 g/mol. The molecule has 1 amide bonds. The van der Waals surface area contributed by atoms with Crippen LogP contribution < -0.4 is 19.1 Å². The minimum Gasteiger partial charge on any atom is -0.491 e. The quantitative estimate of drug-likeness (QED) is 0.224. The van der Waals surface area contributed by atoms with Crippen molar-refractivity contribution in [1.29, 1.82) is 0 Å². The minimum atomic E-state index is -0.458. The highest BCUT2D eigenvalue weighted by molar-refractivity contribution is 7.16. The van der Waals surface area contributed by atoms with Crippen molar-refractivity contribution in [2.75, 3.05) is 31.5 Å². The molecule has 4 rings (SSSR count). The first-order chi connectivity index (χ1) is 15.4. The number of fused-ring (bicyclic) bond motifs is 3. The molecule has 1 atom stereocenters. The molecule has 0 saturated carbocycles. The third-order valence-electron chi connectivity index (χ3n) is 5.37. The van der Waals surface area contributed by atoms with E-state index in [-0.39, 0.29) is 33.1 Å². The molecule has 7 nitrogen and oxygen atoms in total. The Kier molecular flexibility index (Phi) is 6.08. The highest BCUT2D eigenvalue weighted by atomic mass is 35.5. The van der Waals surface area contributed by atoms with E-state index in [1.54, 1.807) is 11.0 Å². The molecule has 32 heavy (non-hydrogen) atoms. The number of halogens is 1. The van der Waals surface area contributed by atoms with Gasteiger partial charge in [-0.2, -0.15) is 0 Å². The summed E-state index contributed by atoms with van der Waals surface area (Å²) in [5, 5.41) is 1.64. The maximum absolute atomic E-state index is 13.7. The Morgan fingerprint density at radius 1 is 1.19 bits per heavy atom. The number of benzene rings is 2. The molecular weight excluding hydrogens is 454 g/mol. The Balaban J connectivity index is 1.91. The van der Waals surface area contributed by atoms with Crippen molar-refractivity contribution in [3.63, 3.8) is 0 Å². The number of carbonyl (C=O) groups is 3. The molecule has 0 bridgehead atoms. The van der Waals surface area contributed by atoms with Crippen LogP contribution in [0.5, 0.6) is 17.2 Å². The molecule has 0 N–H and O–H groups in total. The summed E-state index contributed by atoms with van der Waals surface area (Å²) < 4.78 is 16.2. The van der Waals surface area contributed by atoms with Gasteiger partial charge in [-0.15, -0.1) is 22.9 Å². The van der Waals surface area contributed by atoms with Gasteiger partial charge in [-0.3, -0.25) is 14.4 Å². The van der Waals surface area contributed by atoms with E-state index in [1.807, 2.05) is 24.3 Å². The lowest BCUT2D eigenvalue weighted by molar-refractivity contribution is -0.131. The van der Waals surface area contributed by atoms with Crippen LogP contribution in [0.2, 0.25) is 0 Å². The first-order valence-electron chi connectivity index (χ1n) is 9.76. The normalized spacial score (nSPS) is 14.9. The maximum atomic E-state index is 13.7. The van der Waals surface area contributed by atoms with Crippen molar-refractivity contribution in [2.45, 2.75) is 12.8 Å². The number of anilines is 1. The summed E-state index contributed by atoms with van der Waals surface area (Å²) in [4.78, 5) is 39.0. The lowest BCUT2D eigenvalue weighted by atomic mass is 9.95. The number of methoxy groups -OCH3 is 2. The van der Waals surface area contributed by atoms with Crippen LogP contribution in [-0.2, 0) is 4.79 Å². The second-order valence-corrected chi connectivity index (χ2v) is 8.55. The van der Waals surface area contributed by atoms with E-state index in [0.717, 1.165) is 27.7 Å². The van der Waals surface area contributed by atoms with Crippen molar-refractivity contribution < 1.29 is 28.6 Å².